The quantitative estimate of drug-likeness (QED) is 0.790. The van der Waals surface area contributed by atoms with Gasteiger partial charge in [0.2, 0.25) is 0 Å². The van der Waals surface area contributed by atoms with Gasteiger partial charge in [-0.15, -0.1) is 11.3 Å². The number of thiophene rings is 1. The molecule has 2 aromatic heterocycles. The molecule has 0 spiro atoms. The van der Waals surface area contributed by atoms with Crippen LogP contribution in [0.2, 0.25) is 0 Å². The van der Waals surface area contributed by atoms with Gasteiger partial charge in [-0.05, 0) is 21.8 Å². The lowest BCUT2D eigenvalue weighted by atomic mass is 10.4. The highest BCUT2D eigenvalue weighted by Gasteiger charge is 2.11. The second-order valence-electron chi connectivity index (χ2n) is 4.51. The lowest BCUT2D eigenvalue weighted by molar-refractivity contribution is 0.583. The van der Waals surface area contributed by atoms with Crippen LogP contribution in [0.3, 0.4) is 0 Å². The summed E-state index contributed by atoms with van der Waals surface area (Å²) in [4.78, 5) is 1.93. The van der Waals surface area contributed by atoms with Gasteiger partial charge in [-0.3, -0.25) is 4.21 Å². The van der Waals surface area contributed by atoms with Gasteiger partial charge in [0.15, 0.2) is 11.5 Å². The highest BCUT2D eigenvalue weighted by molar-refractivity contribution is 9.10. The van der Waals surface area contributed by atoms with Gasteiger partial charge < -0.3 is 9.32 Å². The van der Waals surface area contributed by atoms with Gasteiger partial charge in [0, 0.05) is 47.5 Å². The molecular weight excluding hydrogens is 380 g/mol. The Labute approximate surface area is 136 Å². The average molecular weight is 395 g/mol. The first-order valence-corrected chi connectivity index (χ1v) is 9.98. The normalized spacial score (nSPS) is 14.3. The van der Waals surface area contributed by atoms with E-state index in [1.54, 1.807) is 17.6 Å². The average Bonchev–Trinajstić information content (AvgIpc) is 2.70. The first-order valence-electron chi connectivity index (χ1n) is 5.77. The number of halogens is 1. The summed E-state index contributed by atoms with van der Waals surface area (Å²) in [5.74, 6) is 4.24. The molecule has 0 amide bonds. The fourth-order valence-electron chi connectivity index (χ4n) is 1.63. The molecule has 0 aliphatic carbocycles. The minimum absolute atomic E-state index is 0.556. The van der Waals surface area contributed by atoms with Crippen LogP contribution in [0.4, 0.5) is 5.88 Å². The van der Waals surface area contributed by atoms with Crippen molar-refractivity contribution in [1.82, 2.24) is 4.72 Å². The van der Waals surface area contributed by atoms with Crippen molar-refractivity contribution in [3.05, 3.63) is 20.4 Å². The van der Waals surface area contributed by atoms with Crippen LogP contribution in [0.5, 0.6) is 0 Å². The molecule has 2 aromatic rings. The second-order valence-corrected chi connectivity index (χ2v) is 8.98. The molecule has 2 heterocycles. The topological polar surface area (TPSA) is 45.5 Å². The van der Waals surface area contributed by atoms with Crippen LogP contribution in [0, 0.1) is 4.51 Å². The van der Waals surface area contributed by atoms with Crippen LogP contribution in [0.15, 0.2) is 20.3 Å². The van der Waals surface area contributed by atoms with E-state index < -0.39 is 9.71 Å². The van der Waals surface area contributed by atoms with Crippen molar-refractivity contribution >= 4 is 71.2 Å². The van der Waals surface area contributed by atoms with Crippen molar-refractivity contribution in [2.45, 2.75) is 0 Å². The summed E-state index contributed by atoms with van der Waals surface area (Å²) in [6.45, 7) is 1.20. The van der Waals surface area contributed by atoms with Crippen LogP contribution in [0.25, 0.3) is 10.3 Å². The first kappa shape index (κ1) is 16.0. The smallest absolute Gasteiger partial charge is 0.197 e. The number of nitrogens with zero attached hydrogens (tertiary/aromatic N) is 1. The van der Waals surface area contributed by atoms with Gasteiger partial charge in [0.25, 0.3) is 0 Å². The molecule has 0 bridgehead atoms. The van der Waals surface area contributed by atoms with E-state index in [0.717, 1.165) is 19.3 Å². The van der Waals surface area contributed by atoms with Crippen LogP contribution < -0.4 is 9.62 Å². The molecule has 2 rings (SSSR count). The van der Waals surface area contributed by atoms with Crippen molar-refractivity contribution in [2.75, 3.05) is 31.3 Å². The molecule has 0 saturated heterocycles. The molecule has 20 heavy (non-hydrogen) atoms. The highest BCUT2D eigenvalue weighted by Crippen LogP contribution is 2.34. The molecule has 0 radical (unpaired) electrons. The molecule has 1 atom stereocenters. The Morgan fingerprint density at radius 1 is 1.65 bits per heavy atom. The number of likely N-dealkylation sites (N-methyl/N-ethyl adjacent to an activating group) is 1. The maximum atomic E-state index is 11.5. The molecule has 4 nitrogen and oxygen atoms in total. The highest BCUT2D eigenvalue weighted by atomic mass is 79.9. The van der Waals surface area contributed by atoms with Crippen LogP contribution in [0.1, 0.15) is 0 Å². The zero-order valence-electron chi connectivity index (χ0n) is 11.1. The zero-order chi connectivity index (χ0) is 14.9. The van der Waals surface area contributed by atoms with E-state index in [2.05, 4.69) is 26.5 Å². The third-order valence-corrected chi connectivity index (χ3v) is 5.77. The Morgan fingerprint density at radius 3 is 3.00 bits per heavy atom. The van der Waals surface area contributed by atoms with Crippen molar-refractivity contribution in [3.8, 4) is 0 Å². The molecule has 0 fully saturated rings. The number of anilines is 1. The molecule has 0 aromatic carbocycles. The lowest BCUT2D eigenvalue weighted by Crippen LogP contribution is -2.32. The third kappa shape index (κ3) is 3.82. The van der Waals surface area contributed by atoms with E-state index in [-0.39, 0.29) is 0 Å². The van der Waals surface area contributed by atoms with Crippen molar-refractivity contribution in [2.24, 2.45) is 0 Å². The molecule has 0 aliphatic rings. The number of nitrogens with one attached hydrogen (secondary N) is 1. The summed E-state index contributed by atoms with van der Waals surface area (Å²) in [6, 6.07) is 1.84. The Morgan fingerprint density at radius 2 is 2.35 bits per heavy atom. The summed E-state index contributed by atoms with van der Waals surface area (Å²) in [5.41, 5.74) is 0.772. The van der Waals surface area contributed by atoms with Gasteiger partial charge in [0.1, 0.15) is 0 Å². The molecule has 1 N–H and O–H groups in total. The number of fused-ring (bicyclic) bond motifs is 1. The number of hydrogen-bond donors (Lipinski definition) is 1. The monoisotopic (exact) mass is 394 g/mol. The Bertz CT molecular complexity index is 780. The van der Waals surface area contributed by atoms with Gasteiger partial charge in [-0.2, -0.15) is 0 Å². The first-order chi connectivity index (χ1) is 9.28. The molecule has 0 aliphatic heterocycles. The fourth-order valence-corrected chi connectivity index (χ4v) is 3.94. The van der Waals surface area contributed by atoms with E-state index in [0.29, 0.717) is 19.0 Å². The minimum atomic E-state index is -2.18. The van der Waals surface area contributed by atoms with Crippen molar-refractivity contribution < 1.29 is 8.63 Å². The minimum Gasteiger partial charge on any atom is -0.438 e. The Balaban J connectivity index is 2.20. The summed E-state index contributed by atoms with van der Waals surface area (Å²) in [7, 11) is -0.272. The fraction of sp³-hybridized carbons (Fsp3) is 0.333. The lowest BCUT2D eigenvalue weighted by Gasteiger charge is -2.18. The molecular formula is C12H15BrN2O2S3. The van der Waals surface area contributed by atoms with Crippen LogP contribution >= 0.6 is 39.5 Å². The van der Waals surface area contributed by atoms with Gasteiger partial charge in [-0.1, -0.05) is 12.2 Å². The molecule has 1 unspecified atom stereocenters. The maximum Gasteiger partial charge on any atom is 0.197 e. The van der Waals surface area contributed by atoms with Crippen LogP contribution in [-0.2, 0) is 9.71 Å². The van der Waals surface area contributed by atoms with E-state index >= 15 is 0 Å². The van der Waals surface area contributed by atoms with E-state index in [4.69, 9.17) is 16.6 Å². The standard InChI is InChI=1S/C12H15BrN2O2S3/c1-15(5-4-14-20(2,3)16)10-6-9(18)12-11(17-10)8(13)7-19-12/h6-7H,2,4-5H2,1,3H3,(H,14,16). The van der Waals surface area contributed by atoms with Gasteiger partial charge in [0.05, 0.1) is 13.7 Å². The van der Waals surface area contributed by atoms with E-state index in [1.807, 2.05) is 23.4 Å². The summed E-state index contributed by atoms with van der Waals surface area (Å²) in [5, 5.41) is 1.96. The zero-order valence-corrected chi connectivity index (χ0v) is 15.2. The second kappa shape index (κ2) is 6.15. The Kier molecular flexibility index (Phi) is 4.91. The summed E-state index contributed by atoms with van der Waals surface area (Å²) < 4.78 is 22.9. The van der Waals surface area contributed by atoms with Gasteiger partial charge in [-0.25, -0.2) is 4.72 Å². The Hall–Kier alpha value is -0.410. The number of rotatable bonds is 5. The molecule has 8 heteroatoms. The molecule has 0 saturated carbocycles. The summed E-state index contributed by atoms with van der Waals surface area (Å²) >= 11 is 10.4. The van der Waals surface area contributed by atoms with Crippen LogP contribution in [-0.4, -0.2) is 36.5 Å². The third-order valence-electron chi connectivity index (χ3n) is 2.62. The number of hydrogen-bond acceptors (Lipinski definition) is 5. The van der Waals surface area contributed by atoms with Crippen molar-refractivity contribution in [3.63, 3.8) is 0 Å². The maximum absolute atomic E-state index is 11.5. The SMILES string of the molecule is C=S(C)(=O)NCCN(C)c1cc(=S)c2scc(Br)c2o1. The predicted octanol–water partition coefficient (Wildman–Crippen LogP) is 3.27. The van der Waals surface area contributed by atoms with E-state index in [9.17, 15) is 4.21 Å². The van der Waals surface area contributed by atoms with Gasteiger partial charge >= 0.3 is 0 Å². The summed E-state index contributed by atoms with van der Waals surface area (Å²) in [6.07, 6.45) is 1.58. The largest absolute Gasteiger partial charge is 0.438 e. The van der Waals surface area contributed by atoms with E-state index in [1.165, 1.54) is 0 Å². The molecule has 110 valence electrons. The van der Waals surface area contributed by atoms with Crippen molar-refractivity contribution in [1.29, 1.82) is 0 Å². The predicted molar refractivity (Wildman–Crippen MR) is 95.1 cm³/mol.